The van der Waals surface area contributed by atoms with Crippen LogP contribution in [-0.2, 0) is 16.2 Å². The molecule has 0 aliphatic carbocycles. The Balaban J connectivity index is 2.35. The molecule has 0 radical (unpaired) electrons. The first-order valence-electron chi connectivity index (χ1n) is 6.16. The van der Waals surface area contributed by atoms with Crippen molar-refractivity contribution < 1.29 is 26.3 Å². The van der Waals surface area contributed by atoms with Gasteiger partial charge in [0.2, 0.25) is 0 Å². The summed E-state index contributed by atoms with van der Waals surface area (Å²) in [4.78, 5) is -0.0909. The molecule has 0 aliphatic rings. The number of alkyl halides is 3. The molecule has 4 nitrogen and oxygen atoms in total. The van der Waals surface area contributed by atoms with E-state index < -0.39 is 21.8 Å². The molecule has 0 fully saturated rings. The molecule has 23 heavy (non-hydrogen) atoms. The van der Waals surface area contributed by atoms with Gasteiger partial charge in [0.15, 0.2) is 0 Å². The lowest BCUT2D eigenvalue weighted by atomic mass is 10.2. The minimum atomic E-state index is -4.58. The highest BCUT2D eigenvalue weighted by atomic mass is 79.9. The zero-order valence-corrected chi connectivity index (χ0v) is 14.1. The highest BCUT2D eigenvalue weighted by Crippen LogP contribution is 2.34. The number of methoxy groups -OCH3 is 1. The van der Waals surface area contributed by atoms with Crippen molar-refractivity contribution in [3.63, 3.8) is 0 Å². The van der Waals surface area contributed by atoms with Gasteiger partial charge < -0.3 is 4.74 Å². The number of rotatable bonds is 4. The Hall–Kier alpha value is -1.74. The van der Waals surface area contributed by atoms with Gasteiger partial charge in [0, 0.05) is 4.47 Å². The number of nitrogens with one attached hydrogen (secondary N) is 1. The van der Waals surface area contributed by atoms with Gasteiger partial charge in [-0.05, 0) is 42.5 Å². The second kappa shape index (κ2) is 6.40. The summed E-state index contributed by atoms with van der Waals surface area (Å²) >= 11 is 2.94. The molecule has 2 rings (SSSR count). The van der Waals surface area contributed by atoms with Crippen LogP contribution in [0, 0.1) is 0 Å². The predicted molar refractivity (Wildman–Crippen MR) is 82.9 cm³/mol. The maximum Gasteiger partial charge on any atom is 0.416 e. The molecule has 9 heteroatoms. The molecule has 0 aromatic heterocycles. The van der Waals surface area contributed by atoms with Gasteiger partial charge in [-0.3, -0.25) is 4.72 Å². The van der Waals surface area contributed by atoms with E-state index >= 15 is 0 Å². The van der Waals surface area contributed by atoms with Crippen LogP contribution in [0.2, 0.25) is 0 Å². The van der Waals surface area contributed by atoms with Crippen LogP contribution in [0.3, 0.4) is 0 Å². The average molecular weight is 410 g/mol. The lowest BCUT2D eigenvalue weighted by molar-refractivity contribution is -0.137. The molecule has 0 aliphatic heterocycles. The van der Waals surface area contributed by atoms with E-state index in [4.69, 9.17) is 4.74 Å². The van der Waals surface area contributed by atoms with E-state index in [0.29, 0.717) is 5.75 Å². The summed E-state index contributed by atoms with van der Waals surface area (Å²) in [7, 11) is -2.58. The van der Waals surface area contributed by atoms with Gasteiger partial charge in [0.05, 0.1) is 23.3 Å². The lowest BCUT2D eigenvalue weighted by Crippen LogP contribution is -2.14. The van der Waals surface area contributed by atoms with Gasteiger partial charge in [-0.1, -0.05) is 15.9 Å². The molecule has 0 spiro atoms. The minimum Gasteiger partial charge on any atom is -0.497 e. The van der Waals surface area contributed by atoms with E-state index in [9.17, 15) is 21.6 Å². The van der Waals surface area contributed by atoms with E-state index in [0.717, 1.165) is 12.1 Å². The molecule has 0 bridgehead atoms. The van der Waals surface area contributed by atoms with E-state index in [1.54, 1.807) is 0 Å². The molecule has 0 heterocycles. The van der Waals surface area contributed by atoms with E-state index in [1.165, 1.54) is 37.4 Å². The van der Waals surface area contributed by atoms with Crippen LogP contribution in [0.15, 0.2) is 51.8 Å². The van der Waals surface area contributed by atoms with Gasteiger partial charge in [-0.15, -0.1) is 0 Å². The Morgan fingerprint density at radius 3 is 2.22 bits per heavy atom. The fraction of sp³-hybridized carbons (Fsp3) is 0.143. The average Bonchev–Trinajstić information content (AvgIpc) is 2.45. The van der Waals surface area contributed by atoms with Gasteiger partial charge in [0.1, 0.15) is 5.75 Å². The van der Waals surface area contributed by atoms with Crippen LogP contribution in [0.4, 0.5) is 18.9 Å². The second-order valence-electron chi connectivity index (χ2n) is 4.51. The van der Waals surface area contributed by atoms with Crippen LogP contribution in [0.25, 0.3) is 0 Å². The second-order valence-corrected chi connectivity index (χ2v) is 7.11. The highest BCUT2D eigenvalue weighted by molar-refractivity contribution is 9.10. The normalized spacial score (nSPS) is 12.0. The molecule has 124 valence electrons. The number of benzene rings is 2. The van der Waals surface area contributed by atoms with Crippen molar-refractivity contribution in [2.45, 2.75) is 11.1 Å². The Kier molecular flexibility index (Phi) is 4.90. The summed E-state index contributed by atoms with van der Waals surface area (Å²) in [6.07, 6.45) is -4.58. The van der Waals surface area contributed by atoms with Crippen molar-refractivity contribution in [1.82, 2.24) is 0 Å². The summed E-state index contributed by atoms with van der Waals surface area (Å²) in [5.74, 6) is 0.464. The smallest absolute Gasteiger partial charge is 0.416 e. The van der Waals surface area contributed by atoms with Crippen LogP contribution in [0.5, 0.6) is 5.75 Å². The number of sulfonamides is 1. The van der Waals surface area contributed by atoms with Crippen LogP contribution >= 0.6 is 15.9 Å². The van der Waals surface area contributed by atoms with Crippen LogP contribution in [-0.4, -0.2) is 15.5 Å². The summed E-state index contributed by atoms with van der Waals surface area (Å²) in [6, 6.07) is 8.31. The van der Waals surface area contributed by atoms with Gasteiger partial charge >= 0.3 is 6.18 Å². The first-order chi connectivity index (χ1) is 10.6. The molecule has 0 saturated heterocycles. The fourth-order valence-corrected chi connectivity index (χ4v) is 3.31. The largest absolute Gasteiger partial charge is 0.497 e. The lowest BCUT2D eigenvalue weighted by Gasteiger charge is -2.12. The summed E-state index contributed by atoms with van der Waals surface area (Å²) in [5.41, 5.74) is -1.15. The number of ether oxygens (including phenoxy) is 1. The number of halogens is 4. The van der Waals surface area contributed by atoms with Crippen molar-refractivity contribution >= 4 is 31.6 Å². The van der Waals surface area contributed by atoms with E-state index in [1.807, 2.05) is 0 Å². The Bertz CT molecular complexity index is 805. The van der Waals surface area contributed by atoms with E-state index in [-0.39, 0.29) is 15.1 Å². The monoisotopic (exact) mass is 409 g/mol. The molecule has 0 amide bonds. The maximum absolute atomic E-state index is 12.8. The van der Waals surface area contributed by atoms with E-state index in [2.05, 4.69) is 20.7 Å². The quantitative estimate of drug-likeness (QED) is 0.819. The standard InChI is InChI=1S/C14H11BrF3NO3S/c1-22-12-2-4-13(5-3-12)23(20,21)19-11-7-9(14(16,17)18)6-10(15)8-11/h2-8,19H,1H3. The molecule has 2 aromatic carbocycles. The molecule has 0 unspecified atom stereocenters. The van der Waals surface area contributed by atoms with Crippen molar-refractivity contribution in [1.29, 1.82) is 0 Å². The molecule has 0 saturated carbocycles. The van der Waals surface area contributed by atoms with Gasteiger partial charge in [0.25, 0.3) is 10.0 Å². The predicted octanol–water partition coefficient (Wildman–Crippen LogP) is 4.28. The summed E-state index contributed by atoms with van der Waals surface area (Å²) in [6.45, 7) is 0. The zero-order valence-electron chi connectivity index (χ0n) is 11.7. The number of hydrogen-bond acceptors (Lipinski definition) is 3. The summed E-state index contributed by atoms with van der Waals surface area (Å²) in [5, 5.41) is 0. The zero-order chi connectivity index (χ0) is 17.3. The number of hydrogen-bond donors (Lipinski definition) is 1. The molecule has 1 N–H and O–H groups in total. The molecule has 0 atom stereocenters. The third-order valence-electron chi connectivity index (χ3n) is 2.85. The first-order valence-corrected chi connectivity index (χ1v) is 8.44. The topological polar surface area (TPSA) is 55.4 Å². The Morgan fingerprint density at radius 1 is 1.09 bits per heavy atom. The van der Waals surface area contributed by atoms with Crippen molar-refractivity contribution in [2.24, 2.45) is 0 Å². The third-order valence-corrected chi connectivity index (χ3v) is 4.70. The van der Waals surface area contributed by atoms with Gasteiger partial charge in [-0.2, -0.15) is 13.2 Å². The fourth-order valence-electron chi connectivity index (χ4n) is 1.78. The van der Waals surface area contributed by atoms with Crippen molar-refractivity contribution in [2.75, 3.05) is 11.8 Å². The molecular weight excluding hydrogens is 399 g/mol. The number of anilines is 1. The highest BCUT2D eigenvalue weighted by Gasteiger charge is 2.31. The minimum absolute atomic E-state index is 0.0909. The Morgan fingerprint density at radius 2 is 1.70 bits per heavy atom. The third kappa shape index (κ3) is 4.38. The molecular formula is C14H11BrF3NO3S. The SMILES string of the molecule is COc1ccc(S(=O)(=O)Nc2cc(Br)cc(C(F)(F)F)c2)cc1. The van der Waals surface area contributed by atoms with Crippen molar-refractivity contribution in [3.05, 3.63) is 52.5 Å². The van der Waals surface area contributed by atoms with Gasteiger partial charge in [-0.25, -0.2) is 8.42 Å². The summed E-state index contributed by atoms with van der Waals surface area (Å²) < 4.78 is 69.9. The van der Waals surface area contributed by atoms with Crippen LogP contribution < -0.4 is 9.46 Å². The maximum atomic E-state index is 12.8. The van der Waals surface area contributed by atoms with Crippen molar-refractivity contribution in [3.8, 4) is 5.75 Å². The Labute approximate surface area is 139 Å². The first kappa shape index (κ1) is 17.6. The molecule has 2 aromatic rings. The van der Waals surface area contributed by atoms with Crippen LogP contribution in [0.1, 0.15) is 5.56 Å².